The number of rotatable bonds is 4. The lowest BCUT2D eigenvalue weighted by molar-refractivity contribution is 0.203. The van der Waals surface area contributed by atoms with Crippen LogP contribution in [0.5, 0.6) is 0 Å². The van der Waals surface area contributed by atoms with E-state index in [2.05, 4.69) is 37.4 Å². The van der Waals surface area contributed by atoms with Crippen molar-refractivity contribution in [3.63, 3.8) is 0 Å². The third-order valence-corrected chi connectivity index (χ3v) is 4.69. The Morgan fingerprint density at radius 3 is 2.75 bits per heavy atom. The molecule has 0 spiro atoms. The van der Waals surface area contributed by atoms with Crippen LogP contribution in [0.3, 0.4) is 0 Å². The molecule has 3 nitrogen and oxygen atoms in total. The molecule has 1 heterocycles. The van der Waals surface area contributed by atoms with Crippen molar-refractivity contribution in [2.45, 2.75) is 50.8 Å². The van der Waals surface area contributed by atoms with Gasteiger partial charge in [-0.1, -0.05) is 20.8 Å². The average molecular weight is 243 g/mol. The maximum atomic E-state index is 7.43. The highest BCUT2D eigenvalue weighted by atomic mass is 32.2. The monoisotopic (exact) mass is 243 g/mol. The third kappa shape index (κ3) is 4.34. The van der Waals surface area contributed by atoms with Gasteiger partial charge in [-0.25, -0.2) is 0 Å². The van der Waals surface area contributed by atoms with E-state index < -0.39 is 0 Å². The molecule has 0 saturated carbocycles. The van der Waals surface area contributed by atoms with Crippen LogP contribution in [0, 0.1) is 5.41 Å². The van der Waals surface area contributed by atoms with Crippen molar-refractivity contribution in [2.24, 2.45) is 5.73 Å². The third-order valence-electron chi connectivity index (χ3n) is 3.32. The molecule has 0 amide bonds. The second kappa shape index (κ2) is 5.92. The van der Waals surface area contributed by atoms with Crippen LogP contribution in [0.15, 0.2) is 0 Å². The smallest absolute Gasteiger partial charge is 0.0921 e. The topological polar surface area (TPSA) is 53.1 Å². The van der Waals surface area contributed by atoms with Gasteiger partial charge in [0.1, 0.15) is 0 Å². The maximum absolute atomic E-state index is 7.43. The standard InChI is InChI=1S/C12H25N3S/c1-4-10(9-11(13)14)15-6-5-12(2,3)16-8-7-15/h10H,4-9H2,1-3H3,(H3,13,14). The summed E-state index contributed by atoms with van der Waals surface area (Å²) in [7, 11) is 0. The molecule has 16 heavy (non-hydrogen) atoms. The zero-order valence-corrected chi connectivity index (χ0v) is 11.6. The van der Waals surface area contributed by atoms with Gasteiger partial charge in [0.05, 0.1) is 5.84 Å². The van der Waals surface area contributed by atoms with E-state index in [1.807, 2.05) is 0 Å². The van der Waals surface area contributed by atoms with Gasteiger partial charge in [0.2, 0.25) is 0 Å². The van der Waals surface area contributed by atoms with Crippen molar-refractivity contribution in [3.05, 3.63) is 0 Å². The molecule has 1 rings (SSSR count). The number of amidine groups is 1. The van der Waals surface area contributed by atoms with Gasteiger partial charge >= 0.3 is 0 Å². The van der Waals surface area contributed by atoms with Gasteiger partial charge in [0, 0.05) is 29.5 Å². The molecule has 0 aliphatic carbocycles. The Morgan fingerprint density at radius 2 is 2.19 bits per heavy atom. The van der Waals surface area contributed by atoms with E-state index in [1.54, 1.807) is 0 Å². The van der Waals surface area contributed by atoms with Crippen molar-refractivity contribution in [3.8, 4) is 0 Å². The second-order valence-electron chi connectivity index (χ2n) is 5.19. The summed E-state index contributed by atoms with van der Waals surface area (Å²) >= 11 is 2.07. The van der Waals surface area contributed by atoms with Gasteiger partial charge in [-0.2, -0.15) is 11.8 Å². The van der Waals surface area contributed by atoms with Gasteiger partial charge in [-0.3, -0.25) is 10.3 Å². The first-order chi connectivity index (χ1) is 7.44. The van der Waals surface area contributed by atoms with E-state index in [0.717, 1.165) is 25.9 Å². The average Bonchev–Trinajstić information content (AvgIpc) is 2.35. The quantitative estimate of drug-likeness (QED) is 0.588. The molecule has 1 aliphatic heterocycles. The van der Waals surface area contributed by atoms with Gasteiger partial charge in [0.15, 0.2) is 0 Å². The van der Waals surface area contributed by atoms with Crippen LogP contribution in [0.2, 0.25) is 0 Å². The summed E-state index contributed by atoms with van der Waals surface area (Å²) in [6.07, 6.45) is 3.04. The largest absolute Gasteiger partial charge is 0.388 e. The molecule has 3 N–H and O–H groups in total. The second-order valence-corrected chi connectivity index (χ2v) is 6.99. The molecule has 0 aromatic carbocycles. The normalized spacial score (nSPS) is 23.7. The fourth-order valence-electron chi connectivity index (χ4n) is 2.19. The van der Waals surface area contributed by atoms with E-state index in [9.17, 15) is 0 Å². The van der Waals surface area contributed by atoms with Gasteiger partial charge in [-0.05, 0) is 19.4 Å². The van der Waals surface area contributed by atoms with Crippen LogP contribution in [-0.4, -0.2) is 40.4 Å². The minimum Gasteiger partial charge on any atom is -0.388 e. The van der Waals surface area contributed by atoms with Crippen LogP contribution in [-0.2, 0) is 0 Å². The Bertz CT molecular complexity index is 240. The Balaban J connectivity index is 2.54. The summed E-state index contributed by atoms with van der Waals surface area (Å²) < 4.78 is 0.406. The Labute approximate surface area is 104 Å². The summed E-state index contributed by atoms with van der Waals surface area (Å²) in [6, 6.07) is 0.465. The van der Waals surface area contributed by atoms with Crippen LogP contribution in [0.25, 0.3) is 0 Å². The number of thioether (sulfide) groups is 1. The number of nitrogens with one attached hydrogen (secondary N) is 1. The fraction of sp³-hybridized carbons (Fsp3) is 0.917. The molecule has 94 valence electrons. The zero-order valence-electron chi connectivity index (χ0n) is 10.8. The van der Waals surface area contributed by atoms with Gasteiger partial charge in [0.25, 0.3) is 0 Å². The van der Waals surface area contributed by atoms with Gasteiger partial charge < -0.3 is 5.73 Å². The lowest BCUT2D eigenvalue weighted by Gasteiger charge is -2.29. The molecule has 1 saturated heterocycles. The number of nitrogens with zero attached hydrogens (tertiary/aromatic N) is 1. The van der Waals surface area contributed by atoms with Crippen LogP contribution >= 0.6 is 11.8 Å². The molecule has 1 atom stereocenters. The molecule has 0 bridgehead atoms. The van der Waals surface area contributed by atoms with Crippen molar-refractivity contribution >= 4 is 17.6 Å². The SMILES string of the molecule is CCC(CC(=N)N)N1CCSC(C)(C)CC1. The molecule has 1 unspecified atom stereocenters. The minimum absolute atomic E-state index is 0.322. The number of hydrogen-bond acceptors (Lipinski definition) is 3. The molecule has 0 radical (unpaired) electrons. The molecule has 0 aromatic rings. The predicted octanol–water partition coefficient (Wildman–Crippen LogP) is 2.31. The fourth-order valence-corrected chi connectivity index (χ4v) is 3.30. The summed E-state index contributed by atoms with van der Waals surface area (Å²) in [4.78, 5) is 2.52. The van der Waals surface area contributed by atoms with E-state index in [0.29, 0.717) is 16.6 Å². The number of nitrogens with two attached hydrogens (primary N) is 1. The van der Waals surface area contributed by atoms with Crippen LogP contribution < -0.4 is 5.73 Å². The summed E-state index contributed by atoms with van der Waals surface area (Å²) in [6.45, 7) is 9.13. The Morgan fingerprint density at radius 1 is 1.50 bits per heavy atom. The first kappa shape index (κ1) is 13.8. The summed E-state index contributed by atoms with van der Waals surface area (Å²) in [5, 5.41) is 7.43. The first-order valence-corrected chi connectivity index (χ1v) is 7.14. The van der Waals surface area contributed by atoms with Gasteiger partial charge in [-0.15, -0.1) is 0 Å². The van der Waals surface area contributed by atoms with Crippen molar-refractivity contribution in [1.29, 1.82) is 5.41 Å². The highest BCUT2D eigenvalue weighted by Crippen LogP contribution is 2.31. The molecule has 4 heteroatoms. The van der Waals surface area contributed by atoms with E-state index in [4.69, 9.17) is 11.1 Å². The summed E-state index contributed by atoms with van der Waals surface area (Å²) in [5.74, 6) is 1.52. The Kier molecular flexibility index (Phi) is 5.12. The van der Waals surface area contributed by atoms with E-state index >= 15 is 0 Å². The zero-order chi connectivity index (χ0) is 12.2. The highest BCUT2D eigenvalue weighted by molar-refractivity contribution is 8.00. The molecule has 0 aromatic heterocycles. The van der Waals surface area contributed by atoms with E-state index in [-0.39, 0.29) is 0 Å². The van der Waals surface area contributed by atoms with Crippen molar-refractivity contribution in [2.75, 3.05) is 18.8 Å². The molecule has 1 fully saturated rings. The number of hydrogen-bond donors (Lipinski definition) is 2. The molecular weight excluding hydrogens is 218 g/mol. The lowest BCUT2D eigenvalue weighted by Crippen LogP contribution is -2.39. The maximum Gasteiger partial charge on any atom is 0.0921 e. The Hall–Kier alpha value is -0.220. The highest BCUT2D eigenvalue weighted by Gasteiger charge is 2.26. The van der Waals surface area contributed by atoms with Crippen molar-refractivity contribution in [1.82, 2.24) is 4.90 Å². The molecule has 1 aliphatic rings. The van der Waals surface area contributed by atoms with Crippen LogP contribution in [0.1, 0.15) is 40.0 Å². The van der Waals surface area contributed by atoms with E-state index in [1.165, 1.54) is 12.2 Å². The minimum atomic E-state index is 0.322. The lowest BCUT2D eigenvalue weighted by atomic mass is 10.1. The molecular formula is C12H25N3S. The first-order valence-electron chi connectivity index (χ1n) is 6.15. The van der Waals surface area contributed by atoms with Crippen LogP contribution in [0.4, 0.5) is 0 Å². The van der Waals surface area contributed by atoms with Crippen molar-refractivity contribution < 1.29 is 0 Å². The predicted molar refractivity (Wildman–Crippen MR) is 73.3 cm³/mol. The summed E-state index contributed by atoms with van der Waals surface area (Å²) in [5.41, 5.74) is 5.52.